The highest BCUT2D eigenvalue weighted by Gasteiger charge is 2.25. The number of aryl methyl sites for hydroxylation is 2. The number of nitrogens with zero attached hydrogens (tertiary/aromatic N) is 8. The molecular formula is C59H70F8N12O7. The molecule has 0 spiro atoms. The van der Waals surface area contributed by atoms with Crippen LogP contribution in [-0.4, -0.2) is 154 Å². The first kappa shape index (κ1) is 65.4. The SMILES string of the molecule is C.CCCCc1nc2c([nH]1)c(N)nc1cc(N3CCN(CCOCCC(=O)O)CC3)ccc12.CCCCc1nc2c([nH]1)c(N)nc1cc(N3CCN(CCOCCC(=O)Oc4c(F)c(F)cc(F)c4F)CC3)ccc12.Oc1c(F)c(F)cc(F)c1F. The molecule has 0 unspecified atom stereocenters. The van der Waals surface area contributed by atoms with E-state index in [1.165, 1.54) is 0 Å². The summed E-state index contributed by atoms with van der Waals surface area (Å²) in [7, 11) is 0. The van der Waals surface area contributed by atoms with E-state index in [2.05, 4.69) is 82.4 Å². The van der Waals surface area contributed by atoms with Crippen LogP contribution in [-0.2, 0) is 31.9 Å². The van der Waals surface area contributed by atoms with Gasteiger partial charge in [0, 0.05) is 113 Å². The van der Waals surface area contributed by atoms with E-state index in [0.717, 1.165) is 164 Å². The van der Waals surface area contributed by atoms with Crippen LogP contribution in [0, 0.1) is 46.5 Å². The predicted octanol–water partition coefficient (Wildman–Crippen LogP) is 9.96. The number of carbonyl (C=O) groups excluding carboxylic acids is 1. The number of nitrogen functional groups attached to an aromatic ring is 2. The maximum atomic E-state index is 13.7. The van der Waals surface area contributed by atoms with Gasteiger partial charge in [-0.25, -0.2) is 37.5 Å². The summed E-state index contributed by atoms with van der Waals surface area (Å²) in [5, 5.41) is 19.0. The highest BCUT2D eigenvalue weighted by atomic mass is 19.2. The molecule has 2 aliphatic rings. The summed E-state index contributed by atoms with van der Waals surface area (Å²) >= 11 is 0. The Morgan fingerprint density at radius 2 is 0.977 bits per heavy atom. The Kier molecular flexibility index (Phi) is 23.0. The van der Waals surface area contributed by atoms with Gasteiger partial charge in [-0.2, -0.15) is 17.6 Å². The van der Waals surface area contributed by atoms with Crippen LogP contribution in [0.1, 0.15) is 71.4 Å². The van der Waals surface area contributed by atoms with Gasteiger partial charge in [-0.05, 0) is 49.2 Å². The molecule has 2 aliphatic heterocycles. The Morgan fingerprint density at radius 3 is 1.38 bits per heavy atom. The van der Waals surface area contributed by atoms with Crippen molar-refractivity contribution in [2.45, 2.75) is 72.6 Å². The third-order valence-corrected chi connectivity index (χ3v) is 14.4. The van der Waals surface area contributed by atoms with Crippen LogP contribution in [0.5, 0.6) is 11.5 Å². The number of carbonyl (C=O) groups is 2. The van der Waals surface area contributed by atoms with Crippen molar-refractivity contribution in [2.24, 2.45) is 0 Å². The number of H-pyrrole nitrogens is 2. The second-order valence-electron chi connectivity index (χ2n) is 20.3. The van der Waals surface area contributed by atoms with Gasteiger partial charge in [0.25, 0.3) is 0 Å². The van der Waals surface area contributed by atoms with E-state index in [0.29, 0.717) is 31.4 Å². The summed E-state index contributed by atoms with van der Waals surface area (Å²) in [6.07, 6.45) is 5.85. The lowest BCUT2D eigenvalue weighted by Gasteiger charge is -2.36. The molecule has 86 heavy (non-hydrogen) atoms. The first-order valence-corrected chi connectivity index (χ1v) is 27.9. The molecule has 4 aromatic heterocycles. The van der Waals surface area contributed by atoms with E-state index < -0.39 is 70.0 Å². The second-order valence-corrected chi connectivity index (χ2v) is 20.3. The van der Waals surface area contributed by atoms with Gasteiger partial charge < -0.3 is 55.7 Å². The van der Waals surface area contributed by atoms with Crippen molar-refractivity contribution in [1.82, 2.24) is 39.7 Å². The number of nitrogens with two attached hydrogens (primary N) is 2. The van der Waals surface area contributed by atoms with Crippen LogP contribution < -0.4 is 26.0 Å². The van der Waals surface area contributed by atoms with Crippen LogP contribution in [0.4, 0.5) is 58.1 Å². The number of carboxylic acid groups (broad SMARTS) is 1. The van der Waals surface area contributed by atoms with Crippen molar-refractivity contribution in [1.29, 1.82) is 0 Å². The number of hydrogen-bond acceptors (Lipinski definition) is 16. The standard InChI is InChI=1S/C29H32F4N6O3.C23H32N6O3.C6H2F4O.CH4/c1-2-3-4-22-36-26-18-6-5-17(15-21(18)35-29(34)27(26)37-22)39-10-8-38(9-11-39)12-14-41-13-7-23(40)42-28-24(32)19(30)16-20(31)25(28)33;1-2-3-4-19-26-21-17-6-5-16(15-18(17)25-23(24)22(21)27-19)29-10-8-28(9-11-29)12-14-32-13-7-20(30)31;7-2-1-3(8)5(10)6(11)4(2)9;/h5-6,15-16H,2-4,7-14H2,1H3,(H2,34,35)(H,36,37);5-6,15H,2-4,7-14H2,1H3,(H2,24,25)(H,26,27)(H,30,31);1,11H;1H4. The molecule has 0 bridgehead atoms. The summed E-state index contributed by atoms with van der Waals surface area (Å²) in [6, 6.07) is 12.6. The van der Waals surface area contributed by atoms with Crippen molar-refractivity contribution < 1.29 is 69.1 Å². The molecule has 6 heterocycles. The fourth-order valence-electron chi connectivity index (χ4n) is 9.65. The molecule has 19 nitrogen and oxygen atoms in total. The lowest BCUT2D eigenvalue weighted by molar-refractivity contribution is -0.138. The minimum Gasteiger partial charge on any atom is -0.503 e. The van der Waals surface area contributed by atoms with Crippen LogP contribution in [0.2, 0.25) is 0 Å². The minimum atomic E-state index is -1.79. The molecule has 10 rings (SSSR count). The number of carboxylic acids is 1. The molecule has 0 amide bonds. The Bertz CT molecular complexity index is 3580. The topological polar surface area (TPSA) is 250 Å². The number of unbranched alkanes of at least 4 members (excludes halogenated alkanes) is 2. The number of nitrogens with one attached hydrogen (secondary N) is 2. The summed E-state index contributed by atoms with van der Waals surface area (Å²) < 4.78 is 118. The van der Waals surface area contributed by atoms with Gasteiger partial charge in [-0.15, -0.1) is 0 Å². The molecule has 464 valence electrons. The number of phenols is 1. The number of pyridine rings is 2. The lowest BCUT2D eigenvalue weighted by atomic mass is 10.1. The van der Waals surface area contributed by atoms with Crippen LogP contribution in [0.3, 0.4) is 0 Å². The number of aromatic amines is 2. The molecular weight excluding hydrogens is 1140 g/mol. The summed E-state index contributed by atoms with van der Waals surface area (Å²) in [6.45, 7) is 13.7. The van der Waals surface area contributed by atoms with E-state index in [4.69, 9.17) is 41.1 Å². The Labute approximate surface area is 490 Å². The Hall–Kier alpha value is -8.14. The zero-order valence-corrected chi connectivity index (χ0v) is 46.9. The Morgan fingerprint density at radius 1 is 0.570 bits per heavy atom. The third-order valence-electron chi connectivity index (χ3n) is 14.4. The first-order valence-electron chi connectivity index (χ1n) is 27.9. The number of fused-ring (bicyclic) bond motifs is 6. The first-order chi connectivity index (χ1) is 40.8. The van der Waals surface area contributed by atoms with Gasteiger partial charge in [0.15, 0.2) is 29.0 Å². The van der Waals surface area contributed by atoms with Gasteiger partial charge in [-0.3, -0.25) is 19.4 Å². The number of halogens is 8. The van der Waals surface area contributed by atoms with E-state index in [1.807, 2.05) is 12.1 Å². The van der Waals surface area contributed by atoms with Gasteiger partial charge >= 0.3 is 11.9 Å². The highest BCUT2D eigenvalue weighted by molar-refractivity contribution is 6.08. The van der Waals surface area contributed by atoms with Crippen LogP contribution in [0.25, 0.3) is 43.9 Å². The maximum Gasteiger partial charge on any atom is 0.313 e. The molecule has 4 aromatic carbocycles. The van der Waals surface area contributed by atoms with Crippen molar-refractivity contribution in [2.75, 3.05) is 113 Å². The molecule has 0 atom stereocenters. The van der Waals surface area contributed by atoms with E-state index in [1.54, 1.807) is 0 Å². The fraction of sp³-hybridized carbons (Fsp3) is 0.424. The van der Waals surface area contributed by atoms with Crippen LogP contribution in [0.15, 0.2) is 48.5 Å². The number of aromatic hydroxyl groups is 1. The number of aliphatic carboxylic acids is 1. The smallest absolute Gasteiger partial charge is 0.313 e. The molecule has 2 fully saturated rings. The molecule has 27 heteroatoms. The molecule has 2 saturated heterocycles. The number of phenolic OH excluding ortho intramolecular Hbond substituents is 1. The number of benzene rings is 4. The van der Waals surface area contributed by atoms with Crippen molar-refractivity contribution >= 4 is 78.8 Å². The average molecular weight is 1210 g/mol. The number of hydrogen-bond donors (Lipinski definition) is 6. The third kappa shape index (κ3) is 16.2. The predicted molar refractivity (Wildman–Crippen MR) is 311 cm³/mol. The number of esters is 1. The quantitative estimate of drug-likeness (QED) is 0.0129. The van der Waals surface area contributed by atoms with Gasteiger partial charge in [0.05, 0.1) is 50.3 Å². The lowest BCUT2D eigenvalue weighted by Crippen LogP contribution is -2.47. The number of piperazine rings is 2. The minimum absolute atomic E-state index is 0. The number of rotatable bonds is 21. The number of imidazole rings is 2. The largest absolute Gasteiger partial charge is 0.503 e. The molecule has 8 N–H and O–H groups in total. The van der Waals surface area contributed by atoms with Gasteiger partial charge in [-0.1, -0.05) is 34.1 Å². The Balaban J connectivity index is 0.000000212. The van der Waals surface area contributed by atoms with E-state index in [-0.39, 0.29) is 45.6 Å². The van der Waals surface area contributed by atoms with Gasteiger partial charge in [0.1, 0.15) is 45.4 Å². The van der Waals surface area contributed by atoms with E-state index >= 15 is 0 Å². The second kappa shape index (κ2) is 30.3. The van der Waals surface area contributed by atoms with Crippen molar-refractivity contribution in [3.63, 3.8) is 0 Å². The molecule has 0 radical (unpaired) electrons. The monoisotopic (exact) mass is 1210 g/mol. The van der Waals surface area contributed by atoms with E-state index in [9.17, 15) is 44.7 Å². The molecule has 0 aliphatic carbocycles. The zero-order chi connectivity index (χ0) is 60.9. The zero-order valence-electron chi connectivity index (χ0n) is 46.9. The average Bonchev–Trinajstić information content (AvgIpc) is 1.76. The number of anilines is 4. The summed E-state index contributed by atoms with van der Waals surface area (Å²) in [4.78, 5) is 57.1. The maximum absolute atomic E-state index is 13.7. The highest BCUT2D eigenvalue weighted by Crippen LogP contribution is 2.33. The normalized spacial score (nSPS) is 13.9. The van der Waals surface area contributed by atoms with Gasteiger partial charge in [0.2, 0.25) is 29.0 Å². The molecule has 8 aromatic rings. The summed E-state index contributed by atoms with van der Waals surface area (Å²) in [5.41, 5.74) is 19.7. The number of aromatic nitrogens is 6. The van der Waals surface area contributed by atoms with Crippen molar-refractivity contribution in [3.05, 3.63) is 107 Å². The van der Waals surface area contributed by atoms with Crippen LogP contribution >= 0.6 is 0 Å². The summed E-state index contributed by atoms with van der Waals surface area (Å²) in [5.74, 6) is -15.8. The van der Waals surface area contributed by atoms with Crippen molar-refractivity contribution in [3.8, 4) is 11.5 Å². The number of ether oxygens (including phenoxy) is 3. The fourth-order valence-corrected chi connectivity index (χ4v) is 9.65. The molecule has 0 saturated carbocycles.